The van der Waals surface area contributed by atoms with Crippen molar-refractivity contribution in [2.75, 3.05) is 34.1 Å². The van der Waals surface area contributed by atoms with Crippen LogP contribution in [0.5, 0.6) is 23.0 Å². The predicted molar refractivity (Wildman–Crippen MR) is 112 cm³/mol. The zero-order valence-corrected chi connectivity index (χ0v) is 17.7. The number of benzene rings is 2. The van der Waals surface area contributed by atoms with E-state index < -0.39 is 0 Å². The van der Waals surface area contributed by atoms with E-state index in [1.165, 1.54) is 0 Å². The van der Waals surface area contributed by atoms with E-state index >= 15 is 0 Å². The number of nitrogens with zero attached hydrogens (tertiary/aromatic N) is 1. The molecular weight excluding hydrogens is 400 g/mol. The Morgan fingerprint density at radius 3 is 2.65 bits per heavy atom. The van der Waals surface area contributed by atoms with Crippen LogP contribution in [0.15, 0.2) is 36.4 Å². The number of likely N-dealkylation sites (tertiary alicyclic amines) is 1. The second kappa shape index (κ2) is 9.16. The molecule has 1 fully saturated rings. The maximum absolute atomic E-state index is 12.6. The molecule has 164 valence electrons. The third kappa shape index (κ3) is 4.68. The topological polar surface area (TPSA) is 86.3 Å². The van der Waals surface area contributed by atoms with E-state index in [1.807, 2.05) is 36.4 Å². The van der Waals surface area contributed by atoms with Gasteiger partial charge >= 0.3 is 0 Å². The summed E-state index contributed by atoms with van der Waals surface area (Å²) in [5.74, 6) is 2.28. The van der Waals surface area contributed by atoms with E-state index in [4.69, 9.17) is 18.9 Å². The number of nitrogens with one attached hydrogen (secondary N) is 1. The summed E-state index contributed by atoms with van der Waals surface area (Å²) in [6, 6.07) is 11.3. The molecule has 2 aliphatic heterocycles. The fourth-order valence-electron chi connectivity index (χ4n) is 3.85. The molecule has 0 aliphatic carbocycles. The summed E-state index contributed by atoms with van der Waals surface area (Å²) in [5, 5.41) is 2.93. The first-order valence-corrected chi connectivity index (χ1v) is 10.2. The van der Waals surface area contributed by atoms with Crippen LogP contribution in [0.4, 0.5) is 0 Å². The molecule has 2 heterocycles. The molecule has 8 nitrogen and oxygen atoms in total. The van der Waals surface area contributed by atoms with Gasteiger partial charge in [-0.05, 0) is 41.8 Å². The van der Waals surface area contributed by atoms with Crippen molar-refractivity contribution in [3.63, 3.8) is 0 Å². The van der Waals surface area contributed by atoms with E-state index in [0.717, 1.165) is 11.1 Å². The van der Waals surface area contributed by atoms with Crippen LogP contribution in [0.3, 0.4) is 0 Å². The van der Waals surface area contributed by atoms with Gasteiger partial charge in [-0.25, -0.2) is 0 Å². The van der Waals surface area contributed by atoms with Gasteiger partial charge in [-0.2, -0.15) is 0 Å². The fraction of sp³-hybridized carbons (Fsp3) is 0.391. The molecule has 2 aliphatic rings. The number of hydrogen-bond acceptors (Lipinski definition) is 6. The number of rotatable bonds is 8. The van der Waals surface area contributed by atoms with E-state index in [9.17, 15) is 9.59 Å². The highest BCUT2D eigenvalue weighted by atomic mass is 16.7. The number of amides is 2. The quantitative estimate of drug-likeness (QED) is 0.696. The maximum atomic E-state index is 12.6. The van der Waals surface area contributed by atoms with Crippen molar-refractivity contribution in [3.8, 4) is 23.0 Å². The lowest BCUT2D eigenvalue weighted by atomic mass is 10.1. The molecule has 1 N–H and O–H groups in total. The van der Waals surface area contributed by atoms with E-state index in [0.29, 0.717) is 49.1 Å². The zero-order valence-electron chi connectivity index (χ0n) is 17.7. The monoisotopic (exact) mass is 426 g/mol. The van der Waals surface area contributed by atoms with Gasteiger partial charge in [-0.1, -0.05) is 12.1 Å². The Labute approximate surface area is 181 Å². The fourth-order valence-corrected chi connectivity index (χ4v) is 3.85. The summed E-state index contributed by atoms with van der Waals surface area (Å²) in [6.45, 7) is 1.58. The van der Waals surface area contributed by atoms with Crippen molar-refractivity contribution >= 4 is 11.8 Å². The molecule has 1 atom stereocenters. The molecule has 2 aromatic rings. The van der Waals surface area contributed by atoms with E-state index in [-0.39, 0.29) is 30.9 Å². The molecule has 8 heteroatoms. The Kier molecular flexibility index (Phi) is 6.16. The maximum Gasteiger partial charge on any atom is 0.231 e. The van der Waals surface area contributed by atoms with Crippen LogP contribution < -0.4 is 24.3 Å². The van der Waals surface area contributed by atoms with Gasteiger partial charge < -0.3 is 29.2 Å². The standard InChI is InChI=1S/C23H26N2O6/c1-28-18-5-3-15(9-20(18)29-2)7-8-25-13-17(11-22(25)26)23(27)24-12-16-4-6-19-21(10-16)31-14-30-19/h3-6,9-10,17H,7-8,11-14H2,1-2H3,(H,24,27)/t17-/m1/s1. The number of carbonyl (C=O) groups is 2. The molecular formula is C23H26N2O6. The molecule has 0 spiro atoms. The van der Waals surface area contributed by atoms with Gasteiger partial charge in [0.2, 0.25) is 18.6 Å². The minimum Gasteiger partial charge on any atom is -0.493 e. The van der Waals surface area contributed by atoms with Gasteiger partial charge in [-0.3, -0.25) is 9.59 Å². The van der Waals surface area contributed by atoms with Crippen LogP contribution in [0.2, 0.25) is 0 Å². The lowest BCUT2D eigenvalue weighted by Gasteiger charge is -2.17. The highest BCUT2D eigenvalue weighted by Crippen LogP contribution is 2.32. The van der Waals surface area contributed by atoms with Gasteiger partial charge in [0.1, 0.15) is 0 Å². The lowest BCUT2D eigenvalue weighted by Crippen LogP contribution is -2.33. The third-order valence-electron chi connectivity index (χ3n) is 5.61. The predicted octanol–water partition coefficient (Wildman–Crippen LogP) is 2.14. The van der Waals surface area contributed by atoms with Crippen LogP contribution >= 0.6 is 0 Å². The summed E-state index contributed by atoms with van der Waals surface area (Å²) < 4.78 is 21.3. The summed E-state index contributed by atoms with van der Waals surface area (Å²) >= 11 is 0. The minimum atomic E-state index is -0.341. The van der Waals surface area contributed by atoms with Crippen molar-refractivity contribution in [3.05, 3.63) is 47.5 Å². The Bertz CT molecular complexity index is 977. The van der Waals surface area contributed by atoms with Crippen molar-refractivity contribution in [1.82, 2.24) is 10.2 Å². The molecule has 0 aromatic heterocycles. The highest BCUT2D eigenvalue weighted by molar-refractivity contribution is 5.89. The summed E-state index contributed by atoms with van der Waals surface area (Å²) in [5.41, 5.74) is 1.97. The van der Waals surface area contributed by atoms with Crippen LogP contribution in [-0.4, -0.2) is 50.8 Å². The van der Waals surface area contributed by atoms with Crippen molar-refractivity contribution in [2.45, 2.75) is 19.4 Å². The van der Waals surface area contributed by atoms with Crippen molar-refractivity contribution < 1.29 is 28.5 Å². The van der Waals surface area contributed by atoms with E-state index in [2.05, 4.69) is 5.32 Å². The highest BCUT2D eigenvalue weighted by Gasteiger charge is 2.33. The van der Waals surface area contributed by atoms with Gasteiger partial charge in [0, 0.05) is 26.1 Å². The van der Waals surface area contributed by atoms with Crippen molar-refractivity contribution in [2.24, 2.45) is 5.92 Å². The minimum absolute atomic E-state index is 0.00343. The Hall–Kier alpha value is -3.42. The average Bonchev–Trinajstić information content (AvgIpc) is 3.41. The summed E-state index contributed by atoms with van der Waals surface area (Å²) in [4.78, 5) is 26.8. The molecule has 1 saturated heterocycles. The molecule has 0 radical (unpaired) electrons. The average molecular weight is 426 g/mol. The molecule has 0 saturated carbocycles. The Morgan fingerprint density at radius 2 is 1.84 bits per heavy atom. The second-order valence-corrected chi connectivity index (χ2v) is 7.59. The Morgan fingerprint density at radius 1 is 1.06 bits per heavy atom. The Balaban J connectivity index is 1.28. The van der Waals surface area contributed by atoms with Gasteiger partial charge in [0.05, 0.1) is 20.1 Å². The summed E-state index contributed by atoms with van der Waals surface area (Å²) in [6.07, 6.45) is 0.913. The molecule has 31 heavy (non-hydrogen) atoms. The zero-order chi connectivity index (χ0) is 21.8. The molecule has 2 amide bonds. The largest absolute Gasteiger partial charge is 0.493 e. The van der Waals surface area contributed by atoms with Crippen LogP contribution in [0.1, 0.15) is 17.5 Å². The van der Waals surface area contributed by atoms with E-state index in [1.54, 1.807) is 19.1 Å². The first-order chi connectivity index (χ1) is 15.1. The van der Waals surface area contributed by atoms with Crippen LogP contribution in [-0.2, 0) is 22.6 Å². The first-order valence-electron chi connectivity index (χ1n) is 10.2. The molecule has 2 aromatic carbocycles. The lowest BCUT2D eigenvalue weighted by molar-refractivity contribution is -0.129. The third-order valence-corrected chi connectivity index (χ3v) is 5.61. The number of hydrogen-bond donors (Lipinski definition) is 1. The summed E-state index contributed by atoms with van der Waals surface area (Å²) in [7, 11) is 3.19. The van der Waals surface area contributed by atoms with Crippen LogP contribution in [0, 0.1) is 5.92 Å². The molecule has 0 unspecified atom stereocenters. The first kappa shape index (κ1) is 20.8. The van der Waals surface area contributed by atoms with Gasteiger partial charge in [-0.15, -0.1) is 0 Å². The number of ether oxygens (including phenoxy) is 4. The van der Waals surface area contributed by atoms with Crippen LogP contribution in [0.25, 0.3) is 0 Å². The number of fused-ring (bicyclic) bond motifs is 1. The second-order valence-electron chi connectivity index (χ2n) is 7.59. The number of methoxy groups -OCH3 is 2. The van der Waals surface area contributed by atoms with Crippen molar-refractivity contribution in [1.29, 1.82) is 0 Å². The SMILES string of the molecule is COc1ccc(CCN2C[C@H](C(=O)NCc3ccc4c(c3)OCO4)CC2=O)cc1OC. The molecule has 4 rings (SSSR count). The van der Waals surface area contributed by atoms with Gasteiger partial charge in [0.25, 0.3) is 0 Å². The van der Waals surface area contributed by atoms with Gasteiger partial charge in [0.15, 0.2) is 23.0 Å². The normalized spacial score (nSPS) is 17.0. The number of carbonyl (C=O) groups excluding carboxylic acids is 2. The molecule has 0 bridgehead atoms. The smallest absolute Gasteiger partial charge is 0.231 e.